The van der Waals surface area contributed by atoms with Crippen LogP contribution in [0.3, 0.4) is 0 Å². The number of hydrogen-bond acceptors (Lipinski definition) is 3. The molecule has 2 unspecified atom stereocenters. The smallest absolute Gasteiger partial charge is 0.308 e. The van der Waals surface area contributed by atoms with Crippen LogP contribution < -0.4 is 5.32 Å². The molecule has 1 aliphatic carbocycles. The maximum atomic E-state index is 11.7. The van der Waals surface area contributed by atoms with Crippen molar-refractivity contribution in [3.05, 3.63) is 0 Å². The Hall–Kier alpha value is -1.10. The van der Waals surface area contributed by atoms with Gasteiger partial charge in [-0.15, -0.1) is 0 Å². The Balaban J connectivity index is 2.54. The van der Waals surface area contributed by atoms with E-state index >= 15 is 0 Å². The number of rotatable bonds is 6. The van der Waals surface area contributed by atoms with Gasteiger partial charge in [0.25, 0.3) is 0 Å². The lowest BCUT2D eigenvalue weighted by molar-refractivity contribution is -0.147. The van der Waals surface area contributed by atoms with Gasteiger partial charge in [0.2, 0.25) is 5.91 Å². The monoisotopic (exact) mass is 257 g/mol. The molecule has 5 nitrogen and oxygen atoms in total. The first kappa shape index (κ1) is 15.0. The fraction of sp³-hybridized carbons (Fsp3) is 0.846. The fourth-order valence-corrected chi connectivity index (χ4v) is 2.54. The summed E-state index contributed by atoms with van der Waals surface area (Å²) in [6.07, 6.45) is 4.07. The molecule has 0 saturated heterocycles. The number of amides is 1. The van der Waals surface area contributed by atoms with Gasteiger partial charge in [0.15, 0.2) is 0 Å². The molecule has 1 rings (SSSR count). The Labute approximate surface area is 108 Å². The standard InChI is InChI=1S/C13H23NO4/c1-3-8-18-9-11(15)14-13(2)7-5-4-6-10(13)12(16)17/h10H,3-9H2,1-2H3,(H,14,15)(H,16,17). The Morgan fingerprint density at radius 2 is 2.17 bits per heavy atom. The van der Waals surface area contributed by atoms with Gasteiger partial charge in [0.05, 0.1) is 11.5 Å². The van der Waals surface area contributed by atoms with E-state index in [1.54, 1.807) is 0 Å². The molecule has 0 aromatic carbocycles. The van der Waals surface area contributed by atoms with Crippen molar-refractivity contribution in [1.82, 2.24) is 5.32 Å². The molecule has 0 bridgehead atoms. The highest BCUT2D eigenvalue weighted by Crippen LogP contribution is 2.33. The van der Waals surface area contributed by atoms with Gasteiger partial charge < -0.3 is 15.2 Å². The van der Waals surface area contributed by atoms with Crippen LogP contribution >= 0.6 is 0 Å². The maximum Gasteiger partial charge on any atom is 0.308 e. The lowest BCUT2D eigenvalue weighted by Crippen LogP contribution is -2.56. The Bertz CT molecular complexity index is 305. The van der Waals surface area contributed by atoms with Gasteiger partial charge in [-0.1, -0.05) is 19.8 Å². The number of carbonyl (C=O) groups is 2. The van der Waals surface area contributed by atoms with Crippen molar-refractivity contribution >= 4 is 11.9 Å². The van der Waals surface area contributed by atoms with E-state index in [1.165, 1.54) is 0 Å². The molecule has 0 radical (unpaired) electrons. The number of carboxylic acids is 1. The summed E-state index contributed by atoms with van der Waals surface area (Å²) < 4.78 is 5.17. The molecular formula is C13H23NO4. The SMILES string of the molecule is CCCOCC(=O)NC1(C)CCCCC1C(=O)O. The predicted molar refractivity (Wildman–Crippen MR) is 67.3 cm³/mol. The molecule has 1 saturated carbocycles. The van der Waals surface area contributed by atoms with Crippen molar-refractivity contribution in [1.29, 1.82) is 0 Å². The van der Waals surface area contributed by atoms with Gasteiger partial charge in [-0.2, -0.15) is 0 Å². The number of nitrogens with one attached hydrogen (secondary N) is 1. The average Bonchev–Trinajstić information content (AvgIpc) is 2.28. The second-order valence-electron chi connectivity index (χ2n) is 5.15. The van der Waals surface area contributed by atoms with Crippen LogP contribution in [0.4, 0.5) is 0 Å². The molecule has 1 fully saturated rings. The molecule has 0 heterocycles. The molecule has 0 aliphatic heterocycles. The Morgan fingerprint density at radius 3 is 2.78 bits per heavy atom. The molecular weight excluding hydrogens is 234 g/mol. The first-order valence-electron chi connectivity index (χ1n) is 6.61. The minimum atomic E-state index is -0.827. The number of aliphatic carboxylic acids is 1. The summed E-state index contributed by atoms with van der Waals surface area (Å²) in [6.45, 7) is 4.35. The molecule has 2 N–H and O–H groups in total. The zero-order chi connectivity index (χ0) is 13.6. The third-order valence-corrected chi connectivity index (χ3v) is 3.51. The summed E-state index contributed by atoms with van der Waals surface area (Å²) in [5, 5.41) is 12.1. The second kappa shape index (κ2) is 6.73. The zero-order valence-electron chi connectivity index (χ0n) is 11.2. The van der Waals surface area contributed by atoms with Gasteiger partial charge in [-0.05, 0) is 26.2 Å². The topological polar surface area (TPSA) is 75.6 Å². The molecule has 18 heavy (non-hydrogen) atoms. The van der Waals surface area contributed by atoms with Gasteiger partial charge in [-0.25, -0.2) is 0 Å². The molecule has 1 amide bonds. The van der Waals surface area contributed by atoms with E-state index in [9.17, 15) is 14.7 Å². The normalized spacial score (nSPS) is 27.8. The van der Waals surface area contributed by atoms with Crippen LogP contribution in [0.2, 0.25) is 0 Å². The van der Waals surface area contributed by atoms with E-state index in [2.05, 4.69) is 5.32 Å². The van der Waals surface area contributed by atoms with Crippen molar-refractivity contribution in [2.45, 2.75) is 51.5 Å². The third-order valence-electron chi connectivity index (χ3n) is 3.51. The van der Waals surface area contributed by atoms with Crippen LogP contribution in [0.1, 0.15) is 46.0 Å². The zero-order valence-corrected chi connectivity index (χ0v) is 11.2. The average molecular weight is 257 g/mol. The molecule has 1 aliphatic rings. The van der Waals surface area contributed by atoms with Crippen molar-refractivity contribution in [3.63, 3.8) is 0 Å². The van der Waals surface area contributed by atoms with Crippen molar-refractivity contribution < 1.29 is 19.4 Å². The Kier molecular flexibility index (Phi) is 5.59. The van der Waals surface area contributed by atoms with Crippen LogP contribution in [-0.2, 0) is 14.3 Å². The number of carboxylic acid groups (broad SMARTS) is 1. The second-order valence-corrected chi connectivity index (χ2v) is 5.15. The summed E-state index contributed by atoms with van der Waals surface area (Å²) in [6, 6.07) is 0. The van der Waals surface area contributed by atoms with Gasteiger partial charge in [0.1, 0.15) is 6.61 Å². The van der Waals surface area contributed by atoms with Gasteiger partial charge in [-0.3, -0.25) is 9.59 Å². The van der Waals surface area contributed by atoms with E-state index in [-0.39, 0.29) is 12.5 Å². The molecule has 2 atom stereocenters. The van der Waals surface area contributed by atoms with E-state index in [0.29, 0.717) is 19.4 Å². The lowest BCUT2D eigenvalue weighted by Gasteiger charge is -2.39. The van der Waals surface area contributed by atoms with E-state index in [1.807, 2.05) is 13.8 Å². The quantitative estimate of drug-likeness (QED) is 0.708. The van der Waals surface area contributed by atoms with Gasteiger partial charge >= 0.3 is 5.97 Å². The maximum absolute atomic E-state index is 11.7. The molecule has 0 spiro atoms. The van der Waals surface area contributed by atoms with Crippen LogP contribution in [0.15, 0.2) is 0 Å². The summed E-state index contributed by atoms with van der Waals surface area (Å²) in [5.74, 6) is -1.55. The van der Waals surface area contributed by atoms with Gasteiger partial charge in [0, 0.05) is 6.61 Å². The molecule has 5 heteroatoms. The predicted octanol–water partition coefficient (Wildman–Crippen LogP) is 1.56. The Morgan fingerprint density at radius 1 is 1.44 bits per heavy atom. The molecule has 0 aromatic heterocycles. The van der Waals surface area contributed by atoms with Crippen molar-refractivity contribution in [2.75, 3.05) is 13.2 Å². The number of ether oxygens (including phenoxy) is 1. The lowest BCUT2D eigenvalue weighted by atomic mass is 9.74. The highest BCUT2D eigenvalue weighted by molar-refractivity contribution is 5.80. The van der Waals surface area contributed by atoms with Crippen LogP contribution in [0.5, 0.6) is 0 Å². The minimum Gasteiger partial charge on any atom is -0.481 e. The van der Waals surface area contributed by atoms with E-state index < -0.39 is 17.4 Å². The largest absolute Gasteiger partial charge is 0.481 e. The first-order chi connectivity index (χ1) is 8.49. The van der Waals surface area contributed by atoms with Crippen LogP contribution in [0.25, 0.3) is 0 Å². The van der Waals surface area contributed by atoms with E-state index in [4.69, 9.17) is 4.74 Å². The summed E-state index contributed by atoms with van der Waals surface area (Å²) in [7, 11) is 0. The third kappa shape index (κ3) is 3.98. The van der Waals surface area contributed by atoms with Crippen LogP contribution in [-0.4, -0.2) is 35.7 Å². The minimum absolute atomic E-state index is 0.00969. The van der Waals surface area contributed by atoms with Crippen molar-refractivity contribution in [3.8, 4) is 0 Å². The highest BCUT2D eigenvalue weighted by Gasteiger charge is 2.42. The summed E-state index contributed by atoms with van der Waals surface area (Å²) >= 11 is 0. The molecule has 0 aromatic rings. The first-order valence-corrected chi connectivity index (χ1v) is 6.61. The summed E-state index contributed by atoms with van der Waals surface area (Å²) in [4.78, 5) is 23.0. The number of hydrogen-bond donors (Lipinski definition) is 2. The number of carbonyl (C=O) groups excluding carboxylic acids is 1. The van der Waals surface area contributed by atoms with Crippen molar-refractivity contribution in [2.24, 2.45) is 5.92 Å². The fourth-order valence-electron chi connectivity index (χ4n) is 2.54. The van der Waals surface area contributed by atoms with E-state index in [0.717, 1.165) is 19.3 Å². The highest BCUT2D eigenvalue weighted by atomic mass is 16.5. The molecule has 104 valence electrons. The van der Waals surface area contributed by atoms with Crippen LogP contribution in [0, 0.1) is 5.92 Å². The summed E-state index contributed by atoms with van der Waals surface area (Å²) in [5.41, 5.74) is -0.642.